The third-order valence-electron chi connectivity index (χ3n) is 3.16. The van der Waals surface area contributed by atoms with Crippen LogP contribution in [0, 0.1) is 5.82 Å². The number of carbonyl (C=O) groups excluding carboxylic acids is 1. The molecule has 0 aliphatic carbocycles. The Bertz CT molecular complexity index is 823. The van der Waals surface area contributed by atoms with E-state index >= 15 is 0 Å². The molecule has 0 bridgehead atoms. The van der Waals surface area contributed by atoms with Gasteiger partial charge in [0.05, 0.1) is 24.5 Å². The van der Waals surface area contributed by atoms with Gasteiger partial charge < -0.3 is 10.1 Å². The average molecular weight is 323 g/mol. The summed E-state index contributed by atoms with van der Waals surface area (Å²) in [5, 5.41) is 2.70. The van der Waals surface area contributed by atoms with Gasteiger partial charge in [0.2, 0.25) is 5.91 Å². The maximum atomic E-state index is 13.5. The van der Waals surface area contributed by atoms with Gasteiger partial charge >= 0.3 is 6.01 Å². The molecule has 0 atom stereocenters. The molecule has 0 spiro atoms. The lowest BCUT2D eigenvalue weighted by Crippen LogP contribution is -2.14. The van der Waals surface area contributed by atoms with E-state index in [1.807, 2.05) is 30.3 Å². The van der Waals surface area contributed by atoms with Crippen molar-refractivity contribution in [3.63, 3.8) is 0 Å². The second kappa shape index (κ2) is 7.32. The molecule has 24 heavy (non-hydrogen) atoms. The number of rotatable bonds is 5. The first-order chi connectivity index (χ1) is 11.7. The first-order valence-corrected chi connectivity index (χ1v) is 7.29. The number of nitrogens with one attached hydrogen (secondary N) is 1. The van der Waals surface area contributed by atoms with Crippen LogP contribution < -0.4 is 10.1 Å². The Kier molecular flexibility index (Phi) is 4.76. The van der Waals surface area contributed by atoms with Crippen LogP contribution in [0.15, 0.2) is 67.0 Å². The molecule has 0 fully saturated rings. The molecule has 0 saturated carbocycles. The lowest BCUT2D eigenvalue weighted by Gasteiger charge is -2.07. The van der Waals surface area contributed by atoms with Gasteiger partial charge in [-0.2, -0.15) is 0 Å². The number of hydrogen-bond acceptors (Lipinski definition) is 4. The van der Waals surface area contributed by atoms with Crippen LogP contribution in [0.3, 0.4) is 0 Å². The maximum absolute atomic E-state index is 13.5. The van der Waals surface area contributed by atoms with Crippen molar-refractivity contribution in [3.8, 4) is 11.8 Å². The van der Waals surface area contributed by atoms with Crippen molar-refractivity contribution < 1.29 is 13.9 Å². The topological polar surface area (TPSA) is 64.1 Å². The summed E-state index contributed by atoms with van der Waals surface area (Å²) in [7, 11) is 0. The van der Waals surface area contributed by atoms with Gasteiger partial charge in [0.1, 0.15) is 0 Å². The molecule has 6 heteroatoms. The van der Waals surface area contributed by atoms with Crippen LogP contribution in [0.2, 0.25) is 0 Å². The highest BCUT2D eigenvalue weighted by atomic mass is 19.1. The fourth-order valence-electron chi connectivity index (χ4n) is 2.05. The van der Waals surface area contributed by atoms with E-state index < -0.39 is 5.82 Å². The molecule has 1 heterocycles. The standard InChI is InChI=1S/C18H14FN3O2/c19-15-8-4-5-9-16(15)24-18-20-11-14(12-21-18)22-17(23)10-13-6-2-1-3-7-13/h1-9,11-12H,10H2,(H,22,23). The van der Waals surface area contributed by atoms with Crippen molar-refractivity contribution in [3.05, 3.63) is 78.4 Å². The molecule has 3 aromatic rings. The van der Waals surface area contributed by atoms with E-state index in [0.29, 0.717) is 5.69 Å². The minimum Gasteiger partial charge on any atom is -0.421 e. The van der Waals surface area contributed by atoms with Gasteiger partial charge in [-0.3, -0.25) is 4.79 Å². The monoisotopic (exact) mass is 323 g/mol. The number of hydrogen-bond donors (Lipinski definition) is 1. The van der Waals surface area contributed by atoms with Gasteiger partial charge in [0, 0.05) is 0 Å². The van der Waals surface area contributed by atoms with E-state index in [9.17, 15) is 9.18 Å². The van der Waals surface area contributed by atoms with E-state index in [-0.39, 0.29) is 24.1 Å². The third-order valence-corrected chi connectivity index (χ3v) is 3.16. The van der Waals surface area contributed by atoms with E-state index in [0.717, 1.165) is 5.56 Å². The molecule has 2 aromatic carbocycles. The molecule has 0 aliphatic rings. The first-order valence-electron chi connectivity index (χ1n) is 7.29. The van der Waals surface area contributed by atoms with E-state index in [4.69, 9.17) is 4.74 Å². The second-order valence-corrected chi connectivity index (χ2v) is 5.00. The highest BCUT2D eigenvalue weighted by Crippen LogP contribution is 2.21. The highest BCUT2D eigenvalue weighted by molar-refractivity contribution is 5.91. The van der Waals surface area contributed by atoms with Gasteiger partial charge in [-0.05, 0) is 17.7 Å². The summed E-state index contributed by atoms with van der Waals surface area (Å²) >= 11 is 0. The van der Waals surface area contributed by atoms with Gasteiger partial charge in [-0.15, -0.1) is 0 Å². The van der Waals surface area contributed by atoms with Crippen LogP contribution in [-0.4, -0.2) is 15.9 Å². The molecule has 5 nitrogen and oxygen atoms in total. The minimum atomic E-state index is -0.499. The second-order valence-electron chi connectivity index (χ2n) is 5.00. The fourth-order valence-corrected chi connectivity index (χ4v) is 2.05. The molecular formula is C18H14FN3O2. The van der Waals surface area contributed by atoms with Crippen molar-refractivity contribution in [2.75, 3.05) is 5.32 Å². The summed E-state index contributed by atoms with van der Waals surface area (Å²) < 4.78 is 18.8. The number of carbonyl (C=O) groups is 1. The van der Waals surface area contributed by atoms with Crippen LogP contribution in [0.5, 0.6) is 11.8 Å². The van der Waals surface area contributed by atoms with Crippen LogP contribution in [0.1, 0.15) is 5.56 Å². The summed E-state index contributed by atoms with van der Waals surface area (Å²) in [6.45, 7) is 0. The summed E-state index contributed by atoms with van der Waals surface area (Å²) in [6.07, 6.45) is 3.08. The zero-order chi connectivity index (χ0) is 16.8. The molecule has 0 aliphatic heterocycles. The number of anilines is 1. The van der Waals surface area contributed by atoms with Crippen molar-refractivity contribution in [2.45, 2.75) is 6.42 Å². The Balaban J connectivity index is 1.60. The van der Waals surface area contributed by atoms with E-state index in [2.05, 4.69) is 15.3 Å². The molecule has 0 saturated heterocycles. The molecular weight excluding hydrogens is 309 g/mol. The number of nitrogens with zero attached hydrogens (tertiary/aromatic N) is 2. The molecule has 1 amide bonds. The Morgan fingerprint density at radius 2 is 1.67 bits per heavy atom. The van der Waals surface area contributed by atoms with E-state index in [1.165, 1.54) is 24.5 Å². The van der Waals surface area contributed by atoms with E-state index in [1.54, 1.807) is 12.1 Å². The number of halogens is 1. The summed E-state index contributed by atoms with van der Waals surface area (Å²) in [6, 6.07) is 15.4. The third kappa shape index (κ3) is 4.13. The van der Waals surface area contributed by atoms with Crippen molar-refractivity contribution >= 4 is 11.6 Å². The van der Waals surface area contributed by atoms with Crippen LogP contribution in [0.25, 0.3) is 0 Å². The molecule has 120 valence electrons. The maximum Gasteiger partial charge on any atom is 0.322 e. The highest BCUT2D eigenvalue weighted by Gasteiger charge is 2.07. The van der Waals surface area contributed by atoms with Crippen LogP contribution >= 0.6 is 0 Å². The molecule has 0 unspecified atom stereocenters. The number of ether oxygens (including phenoxy) is 1. The van der Waals surface area contributed by atoms with Crippen molar-refractivity contribution in [1.29, 1.82) is 0 Å². The number of para-hydroxylation sites is 1. The number of amides is 1. The Morgan fingerprint density at radius 3 is 2.38 bits per heavy atom. The smallest absolute Gasteiger partial charge is 0.322 e. The predicted octanol–water partition coefficient (Wildman–Crippen LogP) is 3.59. The quantitative estimate of drug-likeness (QED) is 0.779. The molecule has 1 aromatic heterocycles. The SMILES string of the molecule is O=C(Cc1ccccc1)Nc1cnc(Oc2ccccc2F)nc1. The first kappa shape index (κ1) is 15.6. The summed E-state index contributed by atoms with van der Waals surface area (Å²) in [4.78, 5) is 19.9. The van der Waals surface area contributed by atoms with Gasteiger partial charge in [-0.1, -0.05) is 42.5 Å². The predicted molar refractivity (Wildman–Crippen MR) is 87.3 cm³/mol. The Hall–Kier alpha value is -3.28. The minimum absolute atomic E-state index is 0.00107. The fraction of sp³-hybridized carbons (Fsp3) is 0.0556. The largest absolute Gasteiger partial charge is 0.421 e. The summed E-state index contributed by atoms with van der Waals surface area (Å²) in [5.41, 5.74) is 1.35. The van der Waals surface area contributed by atoms with Crippen molar-refractivity contribution in [1.82, 2.24) is 9.97 Å². The molecule has 3 rings (SSSR count). The molecule has 1 N–H and O–H groups in total. The lowest BCUT2D eigenvalue weighted by atomic mass is 10.1. The van der Waals surface area contributed by atoms with Gasteiger partial charge in [0.25, 0.3) is 0 Å². The Morgan fingerprint density at radius 1 is 1.00 bits per heavy atom. The van der Waals surface area contributed by atoms with Gasteiger partial charge in [-0.25, -0.2) is 14.4 Å². The number of benzene rings is 2. The van der Waals surface area contributed by atoms with Crippen LogP contribution in [-0.2, 0) is 11.2 Å². The summed E-state index contributed by atoms with van der Waals surface area (Å²) in [5.74, 6) is -0.632. The normalized spacial score (nSPS) is 10.2. The number of aromatic nitrogens is 2. The zero-order valence-corrected chi connectivity index (χ0v) is 12.6. The lowest BCUT2D eigenvalue weighted by molar-refractivity contribution is -0.115. The van der Waals surface area contributed by atoms with Crippen molar-refractivity contribution in [2.24, 2.45) is 0 Å². The molecule has 0 radical (unpaired) electrons. The Labute approximate surface area is 138 Å². The average Bonchev–Trinajstić information content (AvgIpc) is 2.59. The van der Waals surface area contributed by atoms with Crippen LogP contribution in [0.4, 0.5) is 10.1 Å². The van der Waals surface area contributed by atoms with Gasteiger partial charge in [0.15, 0.2) is 11.6 Å². The zero-order valence-electron chi connectivity index (χ0n) is 12.6.